The zero-order valence-corrected chi connectivity index (χ0v) is 18.0. The van der Waals surface area contributed by atoms with E-state index in [9.17, 15) is 9.90 Å². The van der Waals surface area contributed by atoms with Crippen molar-refractivity contribution in [3.05, 3.63) is 53.5 Å². The van der Waals surface area contributed by atoms with Gasteiger partial charge in [-0.1, -0.05) is 37.5 Å². The van der Waals surface area contributed by atoms with Crippen molar-refractivity contribution < 1.29 is 23.9 Å². The number of carbonyl (C=O) groups is 1. The van der Waals surface area contributed by atoms with Gasteiger partial charge in [-0.2, -0.15) is 4.98 Å². The van der Waals surface area contributed by atoms with Crippen LogP contribution >= 0.6 is 11.6 Å². The molecule has 2 heterocycles. The smallest absolute Gasteiger partial charge is 0.404 e. The Morgan fingerprint density at radius 2 is 1.94 bits per heavy atom. The summed E-state index contributed by atoms with van der Waals surface area (Å²) in [6.07, 6.45) is -1.36. The number of aromatic nitrogens is 3. The number of ether oxygens (including phenoxy) is 2. The van der Waals surface area contributed by atoms with Crippen molar-refractivity contribution >= 4 is 17.7 Å². The first-order valence-electron chi connectivity index (χ1n) is 9.48. The Morgan fingerprint density at radius 3 is 2.52 bits per heavy atom. The third-order valence-electron chi connectivity index (χ3n) is 4.39. The van der Waals surface area contributed by atoms with Gasteiger partial charge in [-0.3, -0.25) is 0 Å². The Balaban J connectivity index is 1.70. The number of carbonyl (C=O) groups excluding carboxylic acids is 1. The van der Waals surface area contributed by atoms with E-state index in [1.807, 2.05) is 20.8 Å². The molecule has 0 aliphatic carbocycles. The van der Waals surface area contributed by atoms with Crippen LogP contribution in [-0.4, -0.2) is 38.5 Å². The number of nitrogens with two attached hydrogens (primary N) is 1. The summed E-state index contributed by atoms with van der Waals surface area (Å²) in [7, 11) is 0. The average molecular weight is 447 g/mol. The van der Waals surface area contributed by atoms with Crippen LogP contribution in [0, 0.1) is 5.41 Å². The molecule has 3 N–H and O–H groups in total. The minimum atomic E-state index is -0.987. The van der Waals surface area contributed by atoms with Gasteiger partial charge in [0, 0.05) is 17.8 Å². The second-order valence-electron chi connectivity index (χ2n) is 7.94. The number of aliphatic hydroxyl groups is 1. The number of hydrogen-bond donors (Lipinski definition) is 2. The van der Waals surface area contributed by atoms with Crippen LogP contribution in [0.15, 0.2) is 47.1 Å². The highest BCUT2D eigenvalue weighted by molar-refractivity contribution is 6.30. The Bertz CT molecular complexity index is 1020. The topological polar surface area (TPSA) is 134 Å². The van der Waals surface area contributed by atoms with Gasteiger partial charge in [-0.05, 0) is 35.7 Å². The lowest BCUT2D eigenvalue weighted by molar-refractivity contribution is -0.0509. The number of benzene rings is 1. The van der Waals surface area contributed by atoms with E-state index in [4.69, 9.17) is 31.3 Å². The van der Waals surface area contributed by atoms with Crippen LogP contribution in [0.3, 0.4) is 0 Å². The predicted molar refractivity (Wildman–Crippen MR) is 113 cm³/mol. The van der Waals surface area contributed by atoms with E-state index in [1.165, 1.54) is 6.20 Å². The zero-order valence-electron chi connectivity index (χ0n) is 17.3. The highest BCUT2D eigenvalue weighted by Crippen LogP contribution is 2.27. The minimum absolute atomic E-state index is 0.0256. The largest absolute Gasteiger partial charge is 0.443 e. The quantitative estimate of drug-likeness (QED) is 0.556. The summed E-state index contributed by atoms with van der Waals surface area (Å²) in [4.78, 5) is 19.6. The molecule has 164 valence electrons. The first-order valence-corrected chi connectivity index (χ1v) is 9.86. The molecule has 3 aromatic rings. The number of pyridine rings is 1. The molecule has 9 nitrogen and oxygen atoms in total. The van der Waals surface area contributed by atoms with E-state index in [2.05, 4.69) is 15.1 Å². The highest BCUT2D eigenvalue weighted by atomic mass is 35.5. The van der Waals surface area contributed by atoms with Gasteiger partial charge in [-0.25, -0.2) is 9.78 Å². The number of halogens is 1. The average Bonchev–Trinajstić information content (AvgIpc) is 3.17. The monoisotopic (exact) mass is 446 g/mol. The zero-order chi connectivity index (χ0) is 22.6. The van der Waals surface area contributed by atoms with Crippen LogP contribution in [0.25, 0.3) is 11.4 Å². The molecule has 1 unspecified atom stereocenters. The van der Waals surface area contributed by atoms with E-state index < -0.39 is 23.7 Å². The maximum absolute atomic E-state index is 11.2. The molecule has 0 bridgehead atoms. The fourth-order valence-electron chi connectivity index (χ4n) is 2.77. The van der Waals surface area contributed by atoms with Crippen LogP contribution in [0.4, 0.5) is 4.79 Å². The fourth-order valence-corrected chi connectivity index (χ4v) is 2.88. The van der Waals surface area contributed by atoms with Gasteiger partial charge in [0.1, 0.15) is 11.9 Å². The van der Waals surface area contributed by atoms with Crippen molar-refractivity contribution in [1.82, 2.24) is 15.1 Å². The van der Waals surface area contributed by atoms with E-state index >= 15 is 0 Å². The molecular weight excluding hydrogens is 424 g/mol. The second kappa shape index (κ2) is 9.32. The first-order chi connectivity index (χ1) is 14.6. The normalized spacial score (nSPS) is 13.5. The van der Waals surface area contributed by atoms with Crippen molar-refractivity contribution in [2.75, 3.05) is 0 Å². The van der Waals surface area contributed by atoms with Crippen LogP contribution in [0.2, 0.25) is 5.02 Å². The summed E-state index contributed by atoms with van der Waals surface area (Å²) >= 11 is 5.82. The van der Waals surface area contributed by atoms with Crippen LogP contribution in [0.5, 0.6) is 11.6 Å². The molecule has 1 amide bonds. The maximum Gasteiger partial charge on any atom is 0.404 e. The number of amides is 1. The molecule has 1 aromatic carbocycles. The SMILES string of the molecule is CC(C)(C)C(O)[C@H](Cc1nc(-c2ccc(Oc3ccc(Cl)cn3)cc2)no1)OC(N)=O. The van der Waals surface area contributed by atoms with Gasteiger partial charge in [0.05, 0.1) is 17.5 Å². The molecule has 0 fully saturated rings. The standard InChI is InChI=1S/C21H23ClN4O5/c1-21(2,3)18(27)15(30-20(23)28)10-17-25-19(26-31-17)12-4-7-14(8-5-12)29-16-9-6-13(22)11-24-16/h4-9,11,15,18,27H,10H2,1-3H3,(H2,23,28)/t15-,18?/m0/s1. The lowest BCUT2D eigenvalue weighted by atomic mass is 9.85. The molecule has 0 spiro atoms. The highest BCUT2D eigenvalue weighted by Gasteiger charge is 2.34. The van der Waals surface area contributed by atoms with Crippen molar-refractivity contribution in [3.63, 3.8) is 0 Å². The van der Waals surface area contributed by atoms with Crippen LogP contribution in [0.1, 0.15) is 26.7 Å². The minimum Gasteiger partial charge on any atom is -0.443 e. The van der Waals surface area contributed by atoms with E-state index in [0.29, 0.717) is 28.0 Å². The Hall–Kier alpha value is -3.17. The summed E-state index contributed by atoms with van der Waals surface area (Å²) in [5, 5.41) is 15.0. The number of rotatable bonds is 7. The summed E-state index contributed by atoms with van der Waals surface area (Å²) in [5.41, 5.74) is 5.29. The second-order valence-corrected chi connectivity index (χ2v) is 8.38. The van der Waals surface area contributed by atoms with Gasteiger partial charge >= 0.3 is 6.09 Å². The molecular formula is C21H23ClN4O5. The maximum atomic E-state index is 11.2. The van der Waals surface area contributed by atoms with Gasteiger partial charge in [0.2, 0.25) is 17.6 Å². The van der Waals surface area contributed by atoms with Crippen LogP contribution < -0.4 is 10.5 Å². The van der Waals surface area contributed by atoms with Crippen LogP contribution in [-0.2, 0) is 11.2 Å². The third kappa shape index (κ3) is 6.16. The molecule has 2 aromatic heterocycles. The van der Waals surface area contributed by atoms with Gasteiger partial charge in [0.15, 0.2) is 0 Å². The number of hydrogen-bond acceptors (Lipinski definition) is 8. The first kappa shape index (κ1) is 22.5. The van der Waals surface area contributed by atoms with Crippen molar-refractivity contribution in [2.45, 2.75) is 39.4 Å². The van der Waals surface area contributed by atoms with Gasteiger partial charge in [-0.15, -0.1) is 0 Å². The molecule has 0 radical (unpaired) electrons. The molecule has 10 heteroatoms. The molecule has 2 atom stereocenters. The fraction of sp³-hybridized carbons (Fsp3) is 0.333. The van der Waals surface area contributed by atoms with Crippen molar-refractivity contribution in [3.8, 4) is 23.0 Å². The van der Waals surface area contributed by atoms with Crippen molar-refractivity contribution in [2.24, 2.45) is 11.1 Å². The Labute approximate surface area is 184 Å². The van der Waals surface area contributed by atoms with E-state index in [1.54, 1.807) is 36.4 Å². The van der Waals surface area contributed by atoms with Crippen molar-refractivity contribution in [1.29, 1.82) is 0 Å². The molecule has 31 heavy (non-hydrogen) atoms. The summed E-state index contributed by atoms with van der Waals surface area (Å²) in [5.74, 6) is 1.53. The Kier molecular flexibility index (Phi) is 6.77. The molecule has 3 rings (SSSR count). The molecule has 0 saturated carbocycles. The summed E-state index contributed by atoms with van der Waals surface area (Å²) < 4.78 is 16.0. The lowest BCUT2D eigenvalue weighted by Gasteiger charge is -2.31. The van der Waals surface area contributed by atoms with E-state index in [0.717, 1.165) is 0 Å². The molecule has 0 aliphatic heterocycles. The summed E-state index contributed by atoms with van der Waals surface area (Å²) in [6, 6.07) is 10.4. The Morgan fingerprint density at radius 1 is 1.23 bits per heavy atom. The number of primary amides is 1. The molecule has 0 saturated heterocycles. The van der Waals surface area contributed by atoms with Gasteiger partial charge in [0.25, 0.3) is 0 Å². The van der Waals surface area contributed by atoms with E-state index in [-0.39, 0.29) is 12.3 Å². The number of nitrogens with zero attached hydrogens (tertiary/aromatic N) is 3. The molecule has 0 aliphatic rings. The lowest BCUT2D eigenvalue weighted by Crippen LogP contribution is -2.42. The summed E-state index contributed by atoms with van der Waals surface area (Å²) in [6.45, 7) is 5.45. The number of aliphatic hydroxyl groups excluding tert-OH is 1. The predicted octanol–water partition coefficient (Wildman–Crippen LogP) is 3.99. The van der Waals surface area contributed by atoms with Gasteiger partial charge < -0.3 is 24.8 Å². The third-order valence-corrected chi connectivity index (χ3v) is 4.61.